The SMILES string of the molecule is CSCCC(O)C(=O)N(C)Cc1cc(-c2ccncc2)no1. The normalized spacial score (nSPS) is 12.1. The lowest BCUT2D eigenvalue weighted by molar-refractivity contribution is -0.139. The maximum absolute atomic E-state index is 12.0. The molecule has 0 saturated heterocycles. The summed E-state index contributed by atoms with van der Waals surface area (Å²) in [4.78, 5) is 17.4. The monoisotopic (exact) mass is 321 g/mol. The number of rotatable bonds is 7. The average molecular weight is 321 g/mol. The van der Waals surface area contributed by atoms with Crippen LogP contribution in [0, 0.1) is 0 Å². The molecule has 0 aliphatic carbocycles. The lowest BCUT2D eigenvalue weighted by Gasteiger charge is -2.19. The lowest BCUT2D eigenvalue weighted by Crippen LogP contribution is -2.36. The fourth-order valence-corrected chi connectivity index (χ4v) is 2.42. The van der Waals surface area contributed by atoms with Crippen molar-refractivity contribution < 1.29 is 14.4 Å². The van der Waals surface area contributed by atoms with Gasteiger partial charge < -0.3 is 14.5 Å². The van der Waals surface area contributed by atoms with Gasteiger partial charge in [-0.15, -0.1) is 0 Å². The number of carbonyl (C=O) groups is 1. The summed E-state index contributed by atoms with van der Waals surface area (Å²) >= 11 is 1.60. The topological polar surface area (TPSA) is 79.5 Å². The molecule has 22 heavy (non-hydrogen) atoms. The van der Waals surface area contributed by atoms with Crippen molar-refractivity contribution in [1.29, 1.82) is 0 Å². The second-order valence-electron chi connectivity index (χ2n) is 4.91. The third kappa shape index (κ3) is 4.32. The molecule has 0 fully saturated rings. The maximum Gasteiger partial charge on any atom is 0.251 e. The van der Waals surface area contributed by atoms with Gasteiger partial charge in [-0.1, -0.05) is 5.16 Å². The van der Waals surface area contributed by atoms with Gasteiger partial charge >= 0.3 is 0 Å². The molecule has 2 aromatic heterocycles. The quantitative estimate of drug-likeness (QED) is 0.838. The number of aliphatic hydroxyl groups excluding tert-OH is 1. The average Bonchev–Trinajstić information content (AvgIpc) is 3.01. The largest absolute Gasteiger partial charge is 0.383 e. The van der Waals surface area contributed by atoms with E-state index in [2.05, 4.69) is 10.1 Å². The number of amides is 1. The second kappa shape index (κ2) is 7.95. The van der Waals surface area contributed by atoms with E-state index in [9.17, 15) is 9.90 Å². The van der Waals surface area contributed by atoms with Crippen molar-refractivity contribution in [3.63, 3.8) is 0 Å². The van der Waals surface area contributed by atoms with Crippen molar-refractivity contribution in [2.75, 3.05) is 19.1 Å². The Bertz CT molecular complexity index is 603. The molecule has 1 unspecified atom stereocenters. The summed E-state index contributed by atoms with van der Waals surface area (Å²) < 4.78 is 5.25. The van der Waals surface area contributed by atoms with Gasteiger partial charge in [0.05, 0.1) is 6.54 Å². The van der Waals surface area contributed by atoms with E-state index in [0.717, 1.165) is 11.3 Å². The molecule has 7 heteroatoms. The molecule has 2 aromatic rings. The van der Waals surface area contributed by atoms with Crippen LogP contribution in [0.4, 0.5) is 0 Å². The van der Waals surface area contributed by atoms with Crippen LogP contribution in [0.5, 0.6) is 0 Å². The van der Waals surface area contributed by atoms with Crippen LogP contribution in [0.1, 0.15) is 12.2 Å². The van der Waals surface area contributed by atoms with Gasteiger partial charge in [-0.2, -0.15) is 11.8 Å². The molecule has 6 nitrogen and oxygen atoms in total. The van der Waals surface area contributed by atoms with Gasteiger partial charge in [-0.05, 0) is 30.6 Å². The van der Waals surface area contributed by atoms with Crippen molar-refractivity contribution in [2.45, 2.75) is 19.1 Å². The molecule has 0 spiro atoms. The van der Waals surface area contributed by atoms with E-state index in [-0.39, 0.29) is 12.5 Å². The Labute approximate surface area is 133 Å². The predicted molar refractivity (Wildman–Crippen MR) is 85.2 cm³/mol. The minimum Gasteiger partial charge on any atom is -0.383 e. The van der Waals surface area contributed by atoms with Crippen LogP contribution in [0.2, 0.25) is 0 Å². The van der Waals surface area contributed by atoms with Crippen LogP contribution in [-0.2, 0) is 11.3 Å². The number of hydrogen-bond acceptors (Lipinski definition) is 6. The summed E-state index contributed by atoms with van der Waals surface area (Å²) in [6, 6.07) is 5.46. The number of hydrogen-bond donors (Lipinski definition) is 1. The van der Waals surface area contributed by atoms with Crippen LogP contribution < -0.4 is 0 Å². The van der Waals surface area contributed by atoms with Gasteiger partial charge in [0.25, 0.3) is 5.91 Å². The summed E-state index contributed by atoms with van der Waals surface area (Å²) in [6.45, 7) is 0.271. The van der Waals surface area contributed by atoms with E-state index >= 15 is 0 Å². The molecule has 1 atom stereocenters. The Morgan fingerprint density at radius 3 is 2.86 bits per heavy atom. The van der Waals surface area contributed by atoms with Crippen molar-refractivity contribution in [3.05, 3.63) is 36.4 Å². The first-order chi connectivity index (χ1) is 10.6. The van der Waals surface area contributed by atoms with Gasteiger partial charge in [-0.25, -0.2) is 0 Å². The van der Waals surface area contributed by atoms with Crippen molar-refractivity contribution >= 4 is 17.7 Å². The van der Waals surface area contributed by atoms with E-state index in [1.165, 1.54) is 4.90 Å². The highest BCUT2D eigenvalue weighted by atomic mass is 32.2. The fourth-order valence-electron chi connectivity index (χ4n) is 1.97. The first-order valence-electron chi connectivity index (χ1n) is 6.89. The minimum absolute atomic E-state index is 0.271. The Hall–Kier alpha value is -1.86. The molecule has 0 saturated carbocycles. The Morgan fingerprint density at radius 2 is 2.18 bits per heavy atom. The molecule has 0 aliphatic heterocycles. The molecule has 0 radical (unpaired) electrons. The maximum atomic E-state index is 12.0. The molecule has 0 bridgehead atoms. The van der Waals surface area contributed by atoms with Crippen LogP contribution in [0.15, 0.2) is 35.1 Å². The first kappa shape index (κ1) is 16.5. The fraction of sp³-hybridized carbons (Fsp3) is 0.400. The molecule has 118 valence electrons. The van der Waals surface area contributed by atoms with Gasteiger partial charge in [0.15, 0.2) is 5.76 Å². The summed E-state index contributed by atoms with van der Waals surface area (Å²) in [6.07, 6.45) is 4.78. The van der Waals surface area contributed by atoms with E-state index in [0.29, 0.717) is 17.9 Å². The highest BCUT2D eigenvalue weighted by Gasteiger charge is 2.20. The zero-order valence-corrected chi connectivity index (χ0v) is 13.4. The van der Waals surface area contributed by atoms with Gasteiger partial charge in [0.1, 0.15) is 11.8 Å². The van der Waals surface area contributed by atoms with Crippen LogP contribution in [-0.4, -0.2) is 51.2 Å². The Morgan fingerprint density at radius 1 is 1.45 bits per heavy atom. The Balaban J connectivity index is 1.96. The summed E-state index contributed by atoms with van der Waals surface area (Å²) in [5.41, 5.74) is 1.60. The minimum atomic E-state index is -0.972. The molecule has 1 N–H and O–H groups in total. The number of pyridine rings is 1. The van der Waals surface area contributed by atoms with Gasteiger partial charge in [0.2, 0.25) is 0 Å². The molecule has 0 aliphatic rings. The van der Waals surface area contributed by atoms with Gasteiger partial charge in [-0.3, -0.25) is 9.78 Å². The zero-order chi connectivity index (χ0) is 15.9. The summed E-state index contributed by atoms with van der Waals surface area (Å²) in [7, 11) is 1.64. The standard InChI is InChI=1S/C15H19N3O3S/c1-18(15(20)14(19)5-8-22-2)10-12-9-13(17-21-12)11-3-6-16-7-4-11/h3-4,6-7,9,14,19H,5,8,10H2,1-2H3. The molecule has 0 aromatic carbocycles. The third-order valence-electron chi connectivity index (χ3n) is 3.18. The van der Waals surface area contributed by atoms with Crippen LogP contribution in [0.25, 0.3) is 11.3 Å². The number of likely N-dealkylation sites (N-methyl/N-ethyl adjacent to an activating group) is 1. The summed E-state index contributed by atoms with van der Waals surface area (Å²) in [5, 5.41) is 13.8. The molecular weight excluding hydrogens is 302 g/mol. The first-order valence-corrected chi connectivity index (χ1v) is 8.29. The van der Waals surface area contributed by atoms with E-state index < -0.39 is 6.10 Å². The van der Waals surface area contributed by atoms with Gasteiger partial charge in [0, 0.05) is 31.1 Å². The van der Waals surface area contributed by atoms with E-state index in [4.69, 9.17) is 4.52 Å². The number of nitrogens with zero attached hydrogens (tertiary/aromatic N) is 3. The van der Waals surface area contributed by atoms with Crippen LogP contribution >= 0.6 is 11.8 Å². The molecule has 2 rings (SSSR count). The highest BCUT2D eigenvalue weighted by molar-refractivity contribution is 7.98. The lowest BCUT2D eigenvalue weighted by atomic mass is 10.2. The predicted octanol–water partition coefficient (Wildman–Crippen LogP) is 1.81. The Kier molecular flexibility index (Phi) is 5.97. The second-order valence-corrected chi connectivity index (χ2v) is 5.89. The van der Waals surface area contributed by atoms with Crippen molar-refractivity contribution in [2.24, 2.45) is 0 Å². The zero-order valence-electron chi connectivity index (χ0n) is 12.6. The van der Waals surface area contributed by atoms with Crippen molar-refractivity contribution in [1.82, 2.24) is 15.0 Å². The molecule has 1 amide bonds. The van der Waals surface area contributed by atoms with Crippen molar-refractivity contribution in [3.8, 4) is 11.3 Å². The number of thioether (sulfide) groups is 1. The number of aliphatic hydroxyl groups is 1. The van der Waals surface area contributed by atoms with E-state index in [1.54, 1.807) is 37.3 Å². The smallest absolute Gasteiger partial charge is 0.251 e. The molecular formula is C15H19N3O3S. The molecule has 2 heterocycles. The number of aromatic nitrogens is 2. The number of carbonyl (C=O) groups excluding carboxylic acids is 1. The highest BCUT2D eigenvalue weighted by Crippen LogP contribution is 2.19. The van der Waals surface area contributed by atoms with Crippen LogP contribution in [0.3, 0.4) is 0 Å². The third-order valence-corrected chi connectivity index (χ3v) is 3.83. The van der Waals surface area contributed by atoms with E-state index in [1.807, 2.05) is 18.4 Å². The summed E-state index contributed by atoms with van der Waals surface area (Å²) in [5.74, 6) is 1.01.